The highest BCUT2D eigenvalue weighted by molar-refractivity contribution is 5.92. The van der Waals surface area contributed by atoms with E-state index in [0.717, 1.165) is 18.4 Å². The highest BCUT2D eigenvalue weighted by Gasteiger charge is 2.22. The number of rotatable bonds is 8. The molecule has 1 aromatic rings. The summed E-state index contributed by atoms with van der Waals surface area (Å²) in [7, 11) is 1.30. The van der Waals surface area contributed by atoms with Crippen molar-refractivity contribution in [1.29, 1.82) is 0 Å². The average molecular weight is 319 g/mol. The van der Waals surface area contributed by atoms with Crippen LogP contribution in [0.5, 0.6) is 0 Å². The second-order valence-corrected chi connectivity index (χ2v) is 5.66. The maximum absolute atomic E-state index is 12.1. The number of hydrogen-bond donors (Lipinski definition) is 2. The van der Waals surface area contributed by atoms with E-state index < -0.39 is 12.0 Å². The van der Waals surface area contributed by atoms with E-state index in [0.29, 0.717) is 5.69 Å². The van der Waals surface area contributed by atoms with Crippen LogP contribution >= 0.6 is 0 Å². The van der Waals surface area contributed by atoms with Gasteiger partial charge in [0.25, 0.3) is 0 Å². The van der Waals surface area contributed by atoms with Crippen LogP contribution in [0.15, 0.2) is 35.8 Å². The van der Waals surface area contributed by atoms with Crippen molar-refractivity contribution >= 4 is 11.9 Å². The first kappa shape index (κ1) is 18.7. The number of H-pyrrole nitrogens is 1. The maximum Gasteiger partial charge on any atom is 0.328 e. The lowest BCUT2D eigenvalue weighted by Crippen LogP contribution is -2.42. The summed E-state index contributed by atoms with van der Waals surface area (Å²) in [6, 6.07) is -0.752. The number of carbonyl (C=O) groups excluding carboxylic acids is 2. The monoisotopic (exact) mass is 319 g/mol. The normalized spacial score (nSPS) is 12.4. The summed E-state index contributed by atoms with van der Waals surface area (Å²) >= 11 is 0. The molecule has 0 saturated heterocycles. The van der Waals surface area contributed by atoms with Crippen LogP contribution in [-0.2, 0) is 20.7 Å². The van der Waals surface area contributed by atoms with Gasteiger partial charge in [0.1, 0.15) is 6.04 Å². The standard InChI is InChI=1S/C17H25N3O3/c1-12(2)6-5-7-13(3)8-16(21)20-15(17(22)23-4)9-14-10-18-11-19-14/h6,8,10-11,15H,5,7,9H2,1-4H3,(H,18,19)(H,20,21)/b13-8+. The number of aromatic amines is 1. The van der Waals surface area contributed by atoms with Crippen LogP contribution in [-0.4, -0.2) is 35.0 Å². The summed E-state index contributed by atoms with van der Waals surface area (Å²) in [4.78, 5) is 30.8. The van der Waals surface area contributed by atoms with Gasteiger partial charge in [0, 0.05) is 18.7 Å². The lowest BCUT2D eigenvalue weighted by atomic mass is 10.1. The van der Waals surface area contributed by atoms with E-state index in [-0.39, 0.29) is 12.3 Å². The number of hydrogen-bond acceptors (Lipinski definition) is 4. The van der Waals surface area contributed by atoms with Gasteiger partial charge in [0.2, 0.25) is 5.91 Å². The molecule has 0 bridgehead atoms. The molecule has 1 unspecified atom stereocenters. The molecule has 0 fully saturated rings. The van der Waals surface area contributed by atoms with Crippen LogP contribution in [0.1, 0.15) is 39.3 Å². The molecule has 1 rings (SSSR count). The van der Waals surface area contributed by atoms with Crippen LogP contribution in [0.4, 0.5) is 0 Å². The molecule has 1 aromatic heterocycles. The Kier molecular flexibility index (Phi) is 7.80. The minimum absolute atomic E-state index is 0.284. The molecule has 0 aromatic carbocycles. The van der Waals surface area contributed by atoms with Crippen molar-refractivity contribution in [1.82, 2.24) is 15.3 Å². The van der Waals surface area contributed by atoms with E-state index in [9.17, 15) is 9.59 Å². The van der Waals surface area contributed by atoms with Crippen molar-refractivity contribution in [2.24, 2.45) is 0 Å². The molecule has 0 radical (unpaired) electrons. The molecular formula is C17H25N3O3. The van der Waals surface area contributed by atoms with Gasteiger partial charge in [0.05, 0.1) is 19.1 Å². The minimum atomic E-state index is -0.752. The second-order valence-electron chi connectivity index (χ2n) is 5.66. The third kappa shape index (κ3) is 7.44. The Bertz CT molecular complexity index is 570. The highest BCUT2D eigenvalue weighted by Crippen LogP contribution is 2.07. The van der Waals surface area contributed by atoms with Crippen molar-refractivity contribution < 1.29 is 14.3 Å². The number of nitrogens with one attached hydrogen (secondary N) is 2. The lowest BCUT2D eigenvalue weighted by molar-refractivity contribution is -0.144. The van der Waals surface area contributed by atoms with Gasteiger partial charge < -0.3 is 15.0 Å². The molecule has 0 aliphatic carbocycles. The third-order valence-electron chi connectivity index (χ3n) is 3.24. The number of methoxy groups -OCH3 is 1. The summed E-state index contributed by atoms with van der Waals surface area (Å²) in [5, 5.41) is 2.68. The van der Waals surface area contributed by atoms with Crippen LogP contribution in [0.25, 0.3) is 0 Å². The summed E-state index contributed by atoms with van der Waals surface area (Å²) < 4.78 is 4.74. The Morgan fingerprint density at radius 1 is 1.39 bits per heavy atom. The average Bonchev–Trinajstić information content (AvgIpc) is 2.98. The molecule has 1 amide bonds. The number of imidazole rings is 1. The van der Waals surface area contributed by atoms with Gasteiger partial charge in [-0.3, -0.25) is 4.79 Å². The predicted molar refractivity (Wildman–Crippen MR) is 88.7 cm³/mol. The Morgan fingerprint density at radius 3 is 2.70 bits per heavy atom. The van der Waals surface area contributed by atoms with Gasteiger partial charge in [-0.1, -0.05) is 17.2 Å². The number of allylic oxidation sites excluding steroid dienone is 3. The molecule has 0 aliphatic heterocycles. The Labute approximate surface area is 137 Å². The number of aromatic nitrogens is 2. The Hall–Kier alpha value is -2.37. The van der Waals surface area contributed by atoms with Crippen molar-refractivity contribution in [3.8, 4) is 0 Å². The van der Waals surface area contributed by atoms with Crippen molar-refractivity contribution in [3.63, 3.8) is 0 Å². The molecule has 1 heterocycles. The van der Waals surface area contributed by atoms with E-state index in [4.69, 9.17) is 4.74 Å². The van der Waals surface area contributed by atoms with Gasteiger partial charge in [-0.05, 0) is 33.6 Å². The molecule has 23 heavy (non-hydrogen) atoms. The van der Waals surface area contributed by atoms with Gasteiger partial charge in [0.15, 0.2) is 0 Å². The molecule has 0 spiro atoms. The SMILES string of the molecule is COC(=O)C(Cc1c[nH]cn1)NC(=O)/C=C(\C)CCC=C(C)C. The van der Waals surface area contributed by atoms with Crippen molar-refractivity contribution in [2.45, 2.75) is 46.1 Å². The molecule has 1 atom stereocenters. The van der Waals surface area contributed by atoms with E-state index in [1.54, 1.807) is 6.20 Å². The van der Waals surface area contributed by atoms with Gasteiger partial charge in [-0.25, -0.2) is 9.78 Å². The van der Waals surface area contributed by atoms with Crippen LogP contribution in [0.3, 0.4) is 0 Å². The molecular weight excluding hydrogens is 294 g/mol. The van der Waals surface area contributed by atoms with Crippen LogP contribution < -0.4 is 5.32 Å². The zero-order valence-electron chi connectivity index (χ0n) is 14.2. The van der Waals surface area contributed by atoms with E-state index in [2.05, 4.69) is 21.4 Å². The maximum atomic E-state index is 12.1. The molecule has 0 aliphatic rings. The second kappa shape index (κ2) is 9.61. The first-order valence-electron chi connectivity index (χ1n) is 7.59. The van der Waals surface area contributed by atoms with Crippen LogP contribution in [0.2, 0.25) is 0 Å². The Balaban J connectivity index is 2.62. The predicted octanol–water partition coefficient (Wildman–Crippen LogP) is 2.30. The van der Waals surface area contributed by atoms with E-state index in [1.165, 1.54) is 25.1 Å². The smallest absolute Gasteiger partial charge is 0.328 e. The fraction of sp³-hybridized carbons (Fsp3) is 0.471. The minimum Gasteiger partial charge on any atom is -0.467 e. The lowest BCUT2D eigenvalue weighted by Gasteiger charge is -2.14. The number of ether oxygens (including phenoxy) is 1. The number of amides is 1. The number of carbonyl (C=O) groups is 2. The first-order chi connectivity index (χ1) is 10.9. The third-order valence-corrected chi connectivity index (χ3v) is 3.24. The molecule has 2 N–H and O–H groups in total. The zero-order chi connectivity index (χ0) is 17.2. The molecule has 126 valence electrons. The fourth-order valence-corrected chi connectivity index (χ4v) is 2.05. The summed E-state index contributed by atoms with van der Waals surface area (Å²) in [6.07, 6.45) is 8.85. The summed E-state index contributed by atoms with van der Waals surface area (Å²) in [5.74, 6) is -0.789. The fourth-order valence-electron chi connectivity index (χ4n) is 2.05. The largest absolute Gasteiger partial charge is 0.467 e. The van der Waals surface area contributed by atoms with Gasteiger partial charge in [-0.15, -0.1) is 0 Å². The number of nitrogens with zero attached hydrogens (tertiary/aromatic N) is 1. The summed E-state index contributed by atoms with van der Waals surface area (Å²) in [6.45, 7) is 5.99. The quantitative estimate of drug-likeness (QED) is 0.437. The highest BCUT2D eigenvalue weighted by atomic mass is 16.5. The van der Waals surface area contributed by atoms with E-state index >= 15 is 0 Å². The van der Waals surface area contributed by atoms with Gasteiger partial charge in [-0.2, -0.15) is 0 Å². The van der Waals surface area contributed by atoms with Gasteiger partial charge >= 0.3 is 5.97 Å². The van der Waals surface area contributed by atoms with E-state index in [1.807, 2.05) is 20.8 Å². The number of esters is 1. The summed E-state index contributed by atoms with van der Waals surface area (Å²) in [5.41, 5.74) is 2.90. The molecule has 6 heteroatoms. The Morgan fingerprint density at radius 2 is 2.13 bits per heavy atom. The topological polar surface area (TPSA) is 84.1 Å². The molecule has 0 saturated carbocycles. The van der Waals surface area contributed by atoms with Crippen molar-refractivity contribution in [3.05, 3.63) is 41.5 Å². The molecule has 6 nitrogen and oxygen atoms in total. The van der Waals surface area contributed by atoms with Crippen LogP contribution in [0, 0.1) is 0 Å². The first-order valence-corrected chi connectivity index (χ1v) is 7.59. The van der Waals surface area contributed by atoms with Crippen molar-refractivity contribution in [2.75, 3.05) is 7.11 Å². The zero-order valence-corrected chi connectivity index (χ0v) is 14.2.